The highest BCUT2D eigenvalue weighted by molar-refractivity contribution is 5.97. The summed E-state index contributed by atoms with van der Waals surface area (Å²) in [6.07, 6.45) is -0.487. The van der Waals surface area contributed by atoms with Crippen LogP contribution in [0.1, 0.15) is 66.2 Å². The number of likely N-dealkylation sites (tertiary alicyclic amines) is 1. The number of carbonyl (C=O) groups excluding carboxylic acids is 8. The van der Waals surface area contributed by atoms with Crippen LogP contribution in [-0.2, 0) is 38.4 Å². The van der Waals surface area contributed by atoms with E-state index in [0.717, 1.165) is 6.92 Å². The standard InChI is InChI=1S/C32H56N11O11/c1-15(2)24(29(52)39-20(8-5-11-37-32(35)36)31(54)43-12-6-7-18(43)13-44)41-26(49)19(9-10-22(33)48)38-27(50)21(14-45)40-30(53)25(17(4)47)42-28(51)23(34)16(3)46/h15-21,23-25,45-47H,5-12,14,34H2,1-4H3,(H2,33,48)(H,38,50)(H,39,52)(H,40,53)(H,41,49)(H,42,51)(H4,35,36,37)/t16-,17-,18+,19+,20+,21+,23+,24+,25+/m1/s1. The van der Waals surface area contributed by atoms with Gasteiger partial charge in [0, 0.05) is 19.5 Å². The van der Waals surface area contributed by atoms with E-state index in [0.29, 0.717) is 12.8 Å². The molecule has 1 saturated heterocycles. The van der Waals surface area contributed by atoms with Crippen molar-refractivity contribution in [1.29, 1.82) is 5.41 Å². The van der Waals surface area contributed by atoms with Gasteiger partial charge >= 0.3 is 0 Å². The van der Waals surface area contributed by atoms with Crippen LogP contribution in [0.25, 0.3) is 0 Å². The van der Waals surface area contributed by atoms with Crippen molar-refractivity contribution >= 4 is 53.6 Å². The molecular weight excluding hydrogens is 714 g/mol. The second-order valence-electron chi connectivity index (χ2n) is 13.4. The molecule has 7 amide bonds. The van der Waals surface area contributed by atoms with Gasteiger partial charge in [0.05, 0.1) is 24.9 Å². The lowest BCUT2D eigenvalue weighted by Gasteiger charge is -2.30. The molecule has 1 heterocycles. The van der Waals surface area contributed by atoms with Crippen LogP contribution in [0.5, 0.6) is 0 Å². The number of aliphatic hydroxyl groups excluding tert-OH is 3. The zero-order valence-electron chi connectivity index (χ0n) is 30.9. The lowest BCUT2D eigenvalue weighted by Crippen LogP contribution is -2.62. The van der Waals surface area contributed by atoms with Crippen molar-refractivity contribution in [3.8, 4) is 0 Å². The number of nitrogens with two attached hydrogens (primary N) is 3. The van der Waals surface area contributed by atoms with Gasteiger partial charge in [-0.25, -0.2) is 0 Å². The highest BCUT2D eigenvalue weighted by Gasteiger charge is 2.37. The molecule has 0 aromatic carbocycles. The molecule has 0 bridgehead atoms. The Morgan fingerprint density at radius 3 is 1.87 bits per heavy atom. The number of rotatable bonds is 23. The predicted molar refractivity (Wildman–Crippen MR) is 191 cm³/mol. The van der Waals surface area contributed by atoms with Crippen LogP contribution in [0.2, 0.25) is 0 Å². The van der Waals surface area contributed by atoms with Gasteiger partial charge in [-0.05, 0) is 51.9 Å². The molecule has 54 heavy (non-hydrogen) atoms. The number of guanidine groups is 1. The van der Waals surface area contributed by atoms with Crippen LogP contribution < -0.4 is 49.1 Å². The number of nitrogens with one attached hydrogen (secondary N) is 7. The molecule has 22 heteroatoms. The van der Waals surface area contributed by atoms with Gasteiger partial charge in [0.1, 0.15) is 36.3 Å². The molecule has 22 nitrogen and oxygen atoms in total. The maximum atomic E-state index is 13.6. The smallest absolute Gasteiger partial charge is 0.245 e. The summed E-state index contributed by atoms with van der Waals surface area (Å²) in [5.74, 6) is -7.29. The van der Waals surface area contributed by atoms with Crippen LogP contribution in [0.4, 0.5) is 0 Å². The SMILES string of the molecule is CC(C)[C@H](NC(=O)[C@H](CCC(N)=O)NC(=O)[C@H](CO)NC(=O)[C@@H](NC(=O)[C@@H](N)[C@@H](C)O)[C@@H](C)O)C(=O)N[C@@H](CCCNC(=N)N)C(=O)N1CCC[C@H]1[C]=O. The van der Waals surface area contributed by atoms with Crippen LogP contribution in [0.15, 0.2) is 0 Å². The Morgan fingerprint density at radius 1 is 0.796 bits per heavy atom. The largest absolute Gasteiger partial charge is 0.394 e. The molecule has 305 valence electrons. The first-order valence-corrected chi connectivity index (χ1v) is 17.5. The fourth-order valence-corrected chi connectivity index (χ4v) is 5.35. The predicted octanol–water partition coefficient (Wildman–Crippen LogP) is -6.22. The Bertz CT molecular complexity index is 1350. The van der Waals surface area contributed by atoms with E-state index in [4.69, 9.17) is 22.6 Å². The first-order chi connectivity index (χ1) is 25.2. The molecule has 0 unspecified atom stereocenters. The summed E-state index contributed by atoms with van der Waals surface area (Å²) in [5.41, 5.74) is 16.2. The molecule has 1 aliphatic rings. The van der Waals surface area contributed by atoms with Crippen LogP contribution in [-0.4, -0.2) is 148 Å². The number of aliphatic hydroxyl groups is 3. The van der Waals surface area contributed by atoms with Crippen molar-refractivity contribution in [1.82, 2.24) is 36.8 Å². The molecule has 0 spiro atoms. The fourth-order valence-electron chi connectivity index (χ4n) is 5.35. The Balaban J connectivity index is 3.21. The Kier molecular flexibility index (Phi) is 20.0. The third kappa shape index (κ3) is 15.2. The van der Waals surface area contributed by atoms with Crippen molar-refractivity contribution in [2.24, 2.45) is 23.1 Å². The quantitative estimate of drug-likeness (QED) is 0.0261. The second-order valence-corrected chi connectivity index (χ2v) is 13.4. The lowest BCUT2D eigenvalue weighted by atomic mass is 10.0. The van der Waals surface area contributed by atoms with E-state index in [2.05, 4.69) is 31.9 Å². The summed E-state index contributed by atoms with van der Waals surface area (Å²) >= 11 is 0. The number of hydrogen-bond acceptors (Lipinski definition) is 13. The average Bonchev–Trinajstić information content (AvgIpc) is 3.58. The number of amides is 7. The first-order valence-electron chi connectivity index (χ1n) is 17.5. The van der Waals surface area contributed by atoms with E-state index in [1.807, 2.05) is 6.29 Å². The van der Waals surface area contributed by atoms with Gasteiger partial charge < -0.3 is 69.3 Å². The zero-order valence-corrected chi connectivity index (χ0v) is 30.9. The fraction of sp³-hybridized carbons (Fsp3) is 0.719. The highest BCUT2D eigenvalue weighted by atomic mass is 16.3. The molecular formula is C32H56N11O11. The molecule has 16 N–H and O–H groups in total. The Hall–Kier alpha value is -4.93. The molecule has 0 aromatic rings. The molecule has 0 saturated carbocycles. The van der Waals surface area contributed by atoms with Gasteiger partial charge in [-0.15, -0.1) is 0 Å². The second kappa shape index (κ2) is 23.0. The summed E-state index contributed by atoms with van der Waals surface area (Å²) in [6.45, 7) is 5.00. The van der Waals surface area contributed by atoms with E-state index < -0.39 is 115 Å². The topological polar surface area (TPSA) is 375 Å². The highest BCUT2D eigenvalue weighted by Crippen LogP contribution is 2.18. The summed E-state index contributed by atoms with van der Waals surface area (Å²) in [4.78, 5) is 104. The molecule has 0 aliphatic carbocycles. The van der Waals surface area contributed by atoms with Gasteiger partial charge in [-0.3, -0.25) is 43.8 Å². The van der Waals surface area contributed by atoms with E-state index in [9.17, 15) is 53.7 Å². The van der Waals surface area contributed by atoms with E-state index in [1.165, 1.54) is 11.8 Å². The minimum absolute atomic E-state index is 0.0736. The van der Waals surface area contributed by atoms with Crippen molar-refractivity contribution in [2.75, 3.05) is 19.7 Å². The zero-order chi connectivity index (χ0) is 41.3. The lowest BCUT2D eigenvalue weighted by molar-refractivity contribution is -0.138. The molecule has 9 atom stereocenters. The van der Waals surface area contributed by atoms with Crippen molar-refractivity contribution in [2.45, 2.75) is 121 Å². The third-order valence-electron chi connectivity index (χ3n) is 8.53. The summed E-state index contributed by atoms with van der Waals surface area (Å²) < 4.78 is 0. The third-order valence-corrected chi connectivity index (χ3v) is 8.53. The minimum Gasteiger partial charge on any atom is -0.394 e. The number of primary amides is 1. The molecule has 1 aliphatic heterocycles. The summed E-state index contributed by atoms with van der Waals surface area (Å²) in [6, 6.07) is -9.69. The maximum Gasteiger partial charge on any atom is 0.245 e. The normalized spacial score (nSPS) is 18.4. The molecule has 1 fully saturated rings. The Labute approximate surface area is 312 Å². The van der Waals surface area contributed by atoms with Gasteiger partial charge in [-0.1, -0.05) is 13.8 Å². The van der Waals surface area contributed by atoms with Gasteiger partial charge in [0.25, 0.3) is 0 Å². The van der Waals surface area contributed by atoms with Gasteiger partial charge in [0.15, 0.2) is 5.96 Å². The van der Waals surface area contributed by atoms with Crippen molar-refractivity contribution < 1.29 is 53.7 Å². The molecule has 1 radical (unpaired) electrons. The summed E-state index contributed by atoms with van der Waals surface area (Å²) in [7, 11) is 0. The number of hydrogen-bond donors (Lipinski definition) is 13. The molecule has 1 rings (SSSR count). The van der Waals surface area contributed by atoms with Gasteiger partial charge in [-0.2, -0.15) is 0 Å². The van der Waals surface area contributed by atoms with Crippen molar-refractivity contribution in [3.63, 3.8) is 0 Å². The number of carbonyl (C=O) groups is 7. The van der Waals surface area contributed by atoms with E-state index >= 15 is 0 Å². The summed E-state index contributed by atoms with van der Waals surface area (Å²) in [5, 5.41) is 51.3. The average molecular weight is 771 g/mol. The van der Waals surface area contributed by atoms with Gasteiger partial charge in [0.2, 0.25) is 47.6 Å². The maximum absolute atomic E-state index is 13.6. The first kappa shape index (κ1) is 47.1. The Morgan fingerprint density at radius 2 is 1.35 bits per heavy atom. The van der Waals surface area contributed by atoms with E-state index in [-0.39, 0.29) is 38.3 Å². The van der Waals surface area contributed by atoms with Crippen LogP contribution in [0, 0.1) is 11.3 Å². The van der Waals surface area contributed by atoms with Crippen LogP contribution >= 0.6 is 0 Å². The van der Waals surface area contributed by atoms with Crippen LogP contribution in [0.3, 0.4) is 0 Å². The number of nitrogens with zero attached hydrogens (tertiary/aromatic N) is 1. The monoisotopic (exact) mass is 770 g/mol. The van der Waals surface area contributed by atoms with E-state index in [1.54, 1.807) is 13.8 Å². The minimum atomic E-state index is -1.75. The van der Waals surface area contributed by atoms with Crippen molar-refractivity contribution in [3.05, 3.63) is 0 Å². The molecule has 0 aromatic heterocycles.